The molecule has 2 aromatic rings. The summed E-state index contributed by atoms with van der Waals surface area (Å²) in [6.45, 7) is 3.89. The van der Waals surface area contributed by atoms with Gasteiger partial charge in [0.15, 0.2) is 0 Å². The summed E-state index contributed by atoms with van der Waals surface area (Å²) in [6.07, 6.45) is 8.28. The van der Waals surface area contributed by atoms with E-state index in [1.807, 2.05) is 0 Å². The van der Waals surface area contributed by atoms with E-state index in [-0.39, 0.29) is 0 Å². The fraction of sp³-hybridized carbons (Fsp3) is 0.500. The average molecular weight is 334 g/mol. The SMILES string of the molecule is c1ccc(C2CCN(CC3CCCC(c4ccccc4)C3)CC2)cc1. The lowest BCUT2D eigenvalue weighted by Crippen LogP contribution is -2.37. The number of hydrogen-bond acceptors (Lipinski definition) is 1. The van der Waals surface area contributed by atoms with Crippen molar-refractivity contribution < 1.29 is 0 Å². The van der Waals surface area contributed by atoms with Gasteiger partial charge in [-0.2, -0.15) is 0 Å². The normalized spacial score (nSPS) is 25.8. The third-order valence-electron chi connectivity index (χ3n) is 6.43. The summed E-state index contributed by atoms with van der Waals surface area (Å²) in [6, 6.07) is 22.3. The summed E-state index contributed by atoms with van der Waals surface area (Å²) in [5, 5.41) is 0. The molecule has 2 aliphatic rings. The Kier molecular flexibility index (Phi) is 5.52. The smallest absolute Gasteiger partial charge is 0.000988 e. The molecule has 2 aromatic carbocycles. The van der Waals surface area contributed by atoms with Crippen LogP contribution in [0.3, 0.4) is 0 Å². The van der Waals surface area contributed by atoms with E-state index in [0.717, 1.165) is 17.8 Å². The fourth-order valence-electron chi connectivity index (χ4n) is 5.02. The molecular formula is C24H31N. The summed E-state index contributed by atoms with van der Waals surface area (Å²) in [5.74, 6) is 2.47. The van der Waals surface area contributed by atoms with Crippen molar-refractivity contribution in [1.82, 2.24) is 4.90 Å². The Bertz CT molecular complexity index is 628. The molecule has 1 saturated heterocycles. The van der Waals surface area contributed by atoms with Gasteiger partial charge in [0.25, 0.3) is 0 Å². The summed E-state index contributed by atoms with van der Waals surface area (Å²) >= 11 is 0. The van der Waals surface area contributed by atoms with Gasteiger partial charge in [-0.15, -0.1) is 0 Å². The first-order chi connectivity index (χ1) is 12.4. The van der Waals surface area contributed by atoms with Crippen LogP contribution in [0.2, 0.25) is 0 Å². The molecule has 0 N–H and O–H groups in total. The lowest BCUT2D eigenvalue weighted by Gasteiger charge is -2.37. The van der Waals surface area contributed by atoms with Gasteiger partial charge in [-0.05, 0) is 74.1 Å². The molecule has 1 aliphatic carbocycles. The zero-order chi connectivity index (χ0) is 16.9. The molecule has 4 rings (SSSR count). The van der Waals surface area contributed by atoms with Gasteiger partial charge in [0.05, 0.1) is 0 Å². The van der Waals surface area contributed by atoms with Crippen LogP contribution in [0.4, 0.5) is 0 Å². The molecule has 0 bridgehead atoms. The van der Waals surface area contributed by atoms with Crippen molar-refractivity contribution in [2.45, 2.75) is 50.4 Å². The maximum atomic E-state index is 2.75. The average Bonchev–Trinajstić information content (AvgIpc) is 2.70. The van der Waals surface area contributed by atoms with Crippen LogP contribution in [-0.2, 0) is 0 Å². The number of rotatable bonds is 4. The van der Waals surface area contributed by atoms with E-state index in [2.05, 4.69) is 65.6 Å². The predicted octanol–water partition coefficient (Wildman–Crippen LogP) is 5.84. The van der Waals surface area contributed by atoms with Crippen LogP contribution in [0, 0.1) is 5.92 Å². The molecule has 1 heterocycles. The van der Waals surface area contributed by atoms with Gasteiger partial charge in [0.1, 0.15) is 0 Å². The molecule has 2 fully saturated rings. The Hall–Kier alpha value is -1.60. The maximum absolute atomic E-state index is 2.75. The first-order valence-electron chi connectivity index (χ1n) is 10.2. The topological polar surface area (TPSA) is 3.24 Å². The molecule has 1 aliphatic heterocycles. The minimum atomic E-state index is 0.779. The van der Waals surface area contributed by atoms with Crippen molar-refractivity contribution in [2.75, 3.05) is 19.6 Å². The van der Waals surface area contributed by atoms with E-state index in [0.29, 0.717) is 0 Å². The highest BCUT2D eigenvalue weighted by Gasteiger charge is 2.27. The van der Waals surface area contributed by atoms with Gasteiger partial charge in [-0.3, -0.25) is 0 Å². The molecule has 1 nitrogen and oxygen atoms in total. The van der Waals surface area contributed by atoms with Crippen LogP contribution in [0.5, 0.6) is 0 Å². The second-order valence-electron chi connectivity index (χ2n) is 8.13. The first kappa shape index (κ1) is 16.8. The third kappa shape index (κ3) is 4.33. The van der Waals surface area contributed by atoms with Crippen LogP contribution in [0.25, 0.3) is 0 Å². The fourth-order valence-corrected chi connectivity index (χ4v) is 5.02. The lowest BCUT2D eigenvalue weighted by atomic mass is 9.77. The Labute approximate surface area is 153 Å². The number of likely N-dealkylation sites (tertiary alicyclic amines) is 1. The predicted molar refractivity (Wildman–Crippen MR) is 106 cm³/mol. The number of nitrogens with zero attached hydrogens (tertiary/aromatic N) is 1. The Morgan fingerprint density at radius 2 is 1.28 bits per heavy atom. The minimum Gasteiger partial charge on any atom is -0.303 e. The van der Waals surface area contributed by atoms with E-state index in [4.69, 9.17) is 0 Å². The highest BCUT2D eigenvalue weighted by Crippen LogP contribution is 2.37. The third-order valence-corrected chi connectivity index (χ3v) is 6.43. The molecule has 2 unspecified atom stereocenters. The van der Waals surface area contributed by atoms with Gasteiger partial charge in [0.2, 0.25) is 0 Å². The Balaban J connectivity index is 1.28. The van der Waals surface area contributed by atoms with Crippen molar-refractivity contribution in [3.63, 3.8) is 0 Å². The molecule has 2 atom stereocenters. The van der Waals surface area contributed by atoms with Crippen molar-refractivity contribution in [1.29, 1.82) is 0 Å². The van der Waals surface area contributed by atoms with E-state index in [1.54, 1.807) is 11.1 Å². The van der Waals surface area contributed by atoms with Gasteiger partial charge in [0, 0.05) is 6.54 Å². The first-order valence-corrected chi connectivity index (χ1v) is 10.2. The molecule has 132 valence electrons. The van der Waals surface area contributed by atoms with E-state index < -0.39 is 0 Å². The Morgan fingerprint density at radius 3 is 1.92 bits per heavy atom. The Morgan fingerprint density at radius 1 is 0.680 bits per heavy atom. The quantitative estimate of drug-likeness (QED) is 0.679. The summed E-state index contributed by atoms with van der Waals surface area (Å²) in [4.78, 5) is 2.75. The molecule has 0 spiro atoms. The van der Waals surface area contributed by atoms with Crippen LogP contribution < -0.4 is 0 Å². The van der Waals surface area contributed by atoms with E-state index >= 15 is 0 Å². The van der Waals surface area contributed by atoms with Crippen molar-refractivity contribution >= 4 is 0 Å². The molecular weight excluding hydrogens is 302 g/mol. The van der Waals surface area contributed by atoms with Gasteiger partial charge < -0.3 is 4.90 Å². The summed E-state index contributed by atoms with van der Waals surface area (Å²) in [7, 11) is 0. The standard InChI is InChI=1S/C24H31N/c1-3-9-21(10-4-1)23-14-16-25(17-15-23)19-20-8-7-13-24(18-20)22-11-5-2-6-12-22/h1-6,9-12,20,23-24H,7-8,13-19H2. The lowest BCUT2D eigenvalue weighted by molar-refractivity contribution is 0.158. The summed E-state index contributed by atoms with van der Waals surface area (Å²) in [5.41, 5.74) is 3.11. The van der Waals surface area contributed by atoms with Gasteiger partial charge in [-0.1, -0.05) is 67.1 Å². The molecule has 1 heteroatoms. The highest BCUT2D eigenvalue weighted by atomic mass is 15.1. The van der Waals surface area contributed by atoms with Crippen molar-refractivity contribution in [3.05, 3.63) is 71.8 Å². The molecule has 0 amide bonds. The van der Waals surface area contributed by atoms with Crippen LogP contribution in [0.1, 0.15) is 61.5 Å². The number of piperidine rings is 1. The number of benzene rings is 2. The maximum Gasteiger partial charge on any atom is 0.000988 e. The largest absolute Gasteiger partial charge is 0.303 e. The zero-order valence-corrected chi connectivity index (χ0v) is 15.3. The van der Waals surface area contributed by atoms with E-state index in [1.165, 1.54) is 58.2 Å². The molecule has 25 heavy (non-hydrogen) atoms. The second-order valence-corrected chi connectivity index (χ2v) is 8.13. The minimum absolute atomic E-state index is 0.779. The van der Waals surface area contributed by atoms with Crippen LogP contribution >= 0.6 is 0 Å². The van der Waals surface area contributed by atoms with Crippen LogP contribution in [0.15, 0.2) is 60.7 Å². The van der Waals surface area contributed by atoms with E-state index in [9.17, 15) is 0 Å². The highest BCUT2D eigenvalue weighted by molar-refractivity contribution is 5.21. The number of hydrogen-bond donors (Lipinski definition) is 0. The zero-order valence-electron chi connectivity index (χ0n) is 15.3. The van der Waals surface area contributed by atoms with Crippen LogP contribution in [-0.4, -0.2) is 24.5 Å². The van der Waals surface area contributed by atoms with Crippen molar-refractivity contribution in [3.8, 4) is 0 Å². The molecule has 0 aromatic heterocycles. The molecule has 1 saturated carbocycles. The summed E-state index contributed by atoms with van der Waals surface area (Å²) < 4.78 is 0. The molecule has 0 radical (unpaired) electrons. The van der Waals surface area contributed by atoms with Crippen molar-refractivity contribution in [2.24, 2.45) is 5.92 Å². The van der Waals surface area contributed by atoms with Gasteiger partial charge >= 0.3 is 0 Å². The van der Waals surface area contributed by atoms with Gasteiger partial charge in [-0.25, -0.2) is 0 Å². The second kappa shape index (κ2) is 8.19. The monoisotopic (exact) mass is 333 g/mol.